The van der Waals surface area contributed by atoms with Crippen molar-refractivity contribution < 1.29 is 18.7 Å². The Morgan fingerprint density at radius 3 is 2.33 bits per heavy atom. The predicted molar refractivity (Wildman–Crippen MR) is 67.8 cm³/mol. The van der Waals surface area contributed by atoms with Crippen LogP contribution >= 0.6 is 0 Å². The number of hydrogen-bond donors (Lipinski definition) is 0. The maximum atomic E-state index is 12.6. The van der Waals surface area contributed by atoms with Crippen LogP contribution in [-0.2, 0) is 9.53 Å². The van der Waals surface area contributed by atoms with E-state index in [1.807, 2.05) is 0 Å². The first-order chi connectivity index (χ1) is 8.42. The van der Waals surface area contributed by atoms with Crippen LogP contribution in [0, 0.1) is 11.7 Å². The molecule has 0 spiro atoms. The summed E-state index contributed by atoms with van der Waals surface area (Å²) in [5.41, 5.74) is 0.449. The Morgan fingerprint density at radius 2 is 2.00 bits per heavy atom. The summed E-state index contributed by atoms with van der Waals surface area (Å²) in [6.45, 7) is 6.75. The number of methoxy groups -OCH3 is 1. The zero-order valence-corrected chi connectivity index (χ0v) is 10.8. The monoisotopic (exact) mass is 252 g/mol. The van der Waals surface area contributed by atoms with E-state index in [-0.39, 0.29) is 17.5 Å². The summed E-state index contributed by atoms with van der Waals surface area (Å²) in [5, 5.41) is 0. The van der Waals surface area contributed by atoms with Crippen molar-refractivity contribution in [3.8, 4) is 0 Å². The molecule has 0 saturated carbocycles. The van der Waals surface area contributed by atoms with Crippen molar-refractivity contribution in [3.05, 3.63) is 48.3 Å². The molecule has 0 bridgehead atoms. The molecule has 4 heteroatoms. The van der Waals surface area contributed by atoms with Crippen molar-refractivity contribution in [1.82, 2.24) is 0 Å². The normalized spacial score (nSPS) is 9.17. The molecule has 18 heavy (non-hydrogen) atoms. The van der Waals surface area contributed by atoms with Gasteiger partial charge in [-0.25, -0.2) is 9.18 Å². The quantitative estimate of drug-likeness (QED) is 0.472. The molecular weight excluding hydrogens is 235 g/mol. The van der Waals surface area contributed by atoms with Gasteiger partial charge in [0.1, 0.15) is 5.82 Å². The fourth-order valence-electron chi connectivity index (χ4n) is 1.06. The van der Waals surface area contributed by atoms with E-state index in [4.69, 9.17) is 0 Å². The number of benzene rings is 1. The number of hydrogen-bond acceptors (Lipinski definition) is 3. The molecule has 0 aliphatic rings. The van der Waals surface area contributed by atoms with Crippen molar-refractivity contribution in [3.63, 3.8) is 0 Å². The Balaban J connectivity index is 0.000000411. The lowest BCUT2D eigenvalue weighted by atomic mass is 10.0. The van der Waals surface area contributed by atoms with E-state index in [0.29, 0.717) is 5.56 Å². The summed E-state index contributed by atoms with van der Waals surface area (Å²) in [6, 6.07) is 5.77. The first-order valence-electron chi connectivity index (χ1n) is 5.42. The van der Waals surface area contributed by atoms with Gasteiger partial charge in [-0.1, -0.05) is 32.6 Å². The van der Waals surface area contributed by atoms with Crippen molar-refractivity contribution in [1.29, 1.82) is 0 Å². The molecule has 0 amide bonds. The second-order valence-corrected chi connectivity index (χ2v) is 3.76. The van der Waals surface area contributed by atoms with E-state index in [0.717, 1.165) is 6.08 Å². The standard InChI is InChI=1S/C10H11FO.C4H6O2/c1-7(2)10(12)8-4-3-5-9(11)6-8;1-3-4(5)6-2/h3-7H,1-2H3;3H,1H2,2H3. The third-order valence-corrected chi connectivity index (χ3v) is 2.00. The highest BCUT2D eigenvalue weighted by molar-refractivity contribution is 5.97. The van der Waals surface area contributed by atoms with Gasteiger partial charge >= 0.3 is 5.97 Å². The maximum absolute atomic E-state index is 12.6. The minimum absolute atomic E-state index is 0.0190. The second kappa shape index (κ2) is 8.17. The average molecular weight is 252 g/mol. The lowest BCUT2D eigenvalue weighted by Gasteiger charge is -2.02. The van der Waals surface area contributed by atoms with Gasteiger partial charge in [-0.15, -0.1) is 0 Å². The summed E-state index contributed by atoms with van der Waals surface area (Å²) >= 11 is 0. The number of ketones is 1. The Hall–Kier alpha value is -1.97. The number of esters is 1. The molecule has 0 unspecified atom stereocenters. The number of Topliss-reactive ketones (excluding diaryl/α,β-unsaturated/α-hetero) is 1. The predicted octanol–water partition coefficient (Wildman–Crippen LogP) is 3.01. The van der Waals surface area contributed by atoms with Crippen LogP contribution in [0.5, 0.6) is 0 Å². The number of carbonyl (C=O) groups is 2. The van der Waals surface area contributed by atoms with Gasteiger partial charge in [0.2, 0.25) is 0 Å². The third-order valence-electron chi connectivity index (χ3n) is 2.00. The average Bonchev–Trinajstić information content (AvgIpc) is 2.37. The van der Waals surface area contributed by atoms with Gasteiger partial charge in [0, 0.05) is 17.6 Å². The van der Waals surface area contributed by atoms with Crippen LogP contribution in [0.25, 0.3) is 0 Å². The van der Waals surface area contributed by atoms with Crippen molar-refractivity contribution in [2.45, 2.75) is 13.8 Å². The molecule has 1 rings (SSSR count). The topological polar surface area (TPSA) is 43.4 Å². The van der Waals surface area contributed by atoms with Gasteiger partial charge in [-0.05, 0) is 12.1 Å². The van der Waals surface area contributed by atoms with Crippen LogP contribution in [0.4, 0.5) is 4.39 Å². The summed E-state index contributed by atoms with van der Waals surface area (Å²) in [4.78, 5) is 21.2. The van der Waals surface area contributed by atoms with Crippen LogP contribution in [0.3, 0.4) is 0 Å². The molecule has 98 valence electrons. The number of rotatable bonds is 3. The van der Waals surface area contributed by atoms with E-state index in [1.165, 1.54) is 19.2 Å². The number of carbonyl (C=O) groups excluding carboxylic acids is 2. The molecule has 0 aromatic heterocycles. The Labute approximate surface area is 106 Å². The summed E-state index contributed by atoms with van der Waals surface area (Å²) < 4.78 is 16.8. The van der Waals surface area contributed by atoms with E-state index < -0.39 is 5.97 Å². The molecule has 0 fully saturated rings. The van der Waals surface area contributed by atoms with Crippen molar-refractivity contribution in [2.75, 3.05) is 7.11 Å². The van der Waals surface area contributed by atoms with Crippen LogP contribution in [0.1, 0.15) is 24.2 Å². The van der Waals surface area contributed by atoms with Crippen molar-refractivity contribution >= 4 is 11.8 Å². The molecule has 0 aliphatic heterocycles. The Bertz CT molecular complexity index is 425. The first-order valence-corrected chi connectivity index (χ1v) is 5.42. The molecule has 1 aromatic carbocycles. The molecular formula is C14H17FO3. The highest BCUT2D eigenvalue weighted by atomic mass is 19.1. The fraction of sp³-hybridized carbons (Fsp3) is 0.286. The third kappa shape index (κ3) is 5.94. The van der Waals surface area contributed by atoms with Crippen LogP contribution in [-0.4, -0.2) is 18.9 Å². The molecule has 0 heterocycles. The first kappa shape index (κ1) is 16.0. The number of ether oxygens (including phenoxy) is 1. The van der Waals surface area contributed by atoms with E-state index in [1.54, 1.807) is 26.0 Å². The zero-order valence-electron chi connectivity index (χ0n) is 10.8. The largest absolute Gasteiger partial charge is 0.466 e. The molecule has 0 N–H and O–H groups in total. The lowest BCUT2D eigenvalue weighted by Crippen LogP contribution is -2.07. The van der Waals surface area contributed by atoms with Gasteiger partial charge in [0.15, 0.2) is 5.78 Å². The van der Waals surface area contributed by atoms with Crippen molar-refractivity contribution in [2.24, 2.45) is 5.92 Å². The van der Waals surface area contributed by atoms with Gasteiger partial charge < -0.3 is 4.74 Å². The van der Waals surface area contributed by atoms with Gasteiger partial charge in [0.05, 0.1) is 7.11 Å². The van der Waals surface area contributed by atoms with E-state index >= 15 is 0 Å². The SMILES string of the molecule is C=CC(=O)OC.CC(C)C(=O)c1cccc(F)c1. The van der Waals surface area contributed by atoms with Crippen LogP contribution < -0.4 is 0 Å². The van der Waals surface area contributed by atoms with E-state index in [2.05, 4.69) is 11.3 Å². The van der Waals surface area contributed by atoms with E-state index in [9.17, 15) is 14.0 Å². The van der Waals surface area contributed by atoms with Gasteiger partial charge in [-0.2, -0.15) is 0 Å². The smallest absolute Gasteiger partial charge is 0.329 e. The molecule has 0 aliphatic carbocycles. The molecule has 0 atom stereocenters. The Morgan fingerprint density at radius 1 is 1.39 bits per heavy atom. The minimum atomic E-state index is -0.394. The lowest BCUT2D eigenvalue weighted by molar-refractivity contribution is -0.134. The summed E-state index contributed by atoms with van der Waals surface area (Å²) in [6.07, 6.45) is 1.11. The summed E-state index contributed by atoms with van der Waals surface area (Å²) in [7, 11) is 1.31. The zero-order chi connectivity index (χ0) is 14.1. The fourth-order valence-corrected chi connectivity index (χ4v) is 1.06. The highest BCUT2D eigenvalue weighted by Crippen LogP contribution is 2.09. The van der Waals surface area contributed by atoms with Gasteiger partial charge in [0.25, 0.3) is 0 Å². The second-order valence-electron chi connectivity index (χ2n) is 3.76. The Kier molecular flexibility index (Phi) is 7.28. The maximum Gasteiger partial charge on any atom is 0.329 e. The molecule has 0 radical (unpaired) electrons. The van der Waals surface area contributed by atoms with Crippen LogP contribution in [0.15, 0.2) is 36.9 Å². The minimum Gasteiger partial charge on any atom is -0.466 e. The molecule has 0 saturated heterocycles. The summed E-state index contributed by atoms with van der Waals surface area (Å²) in [5.74, 6) is -0.849. The number of halogens is 1. The van der Waals surface area contributed by atoms with Gasteiger partial charge in [-0.3, -0.25) is 4.79 Å². The van der Waals surface area contributed by atoms with Crippen LogP contribution in [0.2, 0.25) is 0 Å². The molecule has 1 aromatic rings. The highest BCUT2D eigenvalue weighted by Gasteiger charge is 2.09. The molecule has 3 nitrogen and oxygen atoms in total.